The number of hydrogen-bond acceptors (Lipinski definition) is 4. The fourth-order valence-corrected chi connectivity index (χ4v) is 5.43. The van der Waals surface area contributed by atoms with Crippen LogP contribution in [0.15, 0.2) is 138 Å². The minimum atomic E-state index is 0.692. The van der Waals surface area contributed by atoms with E-state index in [1.54, 1.807) is 0 Å². The van der Waals surface area contributed by atoms with Gasteiger partial charge in [0, 0.05) is 34.0 Å². The third kappa shape index (κ3) is 3.60. The van der Waals surface area contributed by atoms with Gasteiger partial charge in [-0.05, 0) is 36.4 Å². The normalized spacial score (nSPS) is 11.5. The third-order valence-electron chi connectivity index (χ3n) is 7.27. The average Bonchev–Trinajstić information content (AvgIpc) is 3.56. The van der Waals surface area contributed by atoms with E-state index in [2.05, 4.69) is 59.2 Å². The van der Waals surface area contributed by atoms with Crippen molar-refractivity contribution >= 4 is 33.1 Å². The van der Waals surface area contributed by atoms with Crippen molar-refractivity contribution in [1.82, 2.24) is 19.5 Å². The molecule has 0 amide bonds. The maximum atomic E-state index is 6.42. The van der Waals surface area contributed by atoms with E-state index in [0.29, 0.717) is 5.82 Å². The second-order valence-electron chi connectivity index (χ2n) is 9.73. The molecule has 0 N–H and O–H groups in total. The van der Waals surface area contributed by atoms with Gasteiger partial charge in [-0.1, -0.05) is 91.0 Å². The average molecular weight is 515 g/mol. The van der Waals surface area contributed by atoms with Gasteiger partial charge in [0.25, 0.3) is 0 Å². The van der Waals surface area contributed by atoms with Crippen molar-refractivity contribution < 1.29 is 4.42 Å². The minimum absolute atomic E-state index is 0.692. The second kappa shape index (κ2) is 9.03. The summed E-state index contributed by atoms with van der Waals surface area (Å²) in [6.45, 7) is 0. The first-order valence-electron chi connectivity index (χ1n) is 13.2. The number of hydrogen-bond donors (Lipinski definition) is 0. The Balaban J connectivity index is 1.35. The highest BCUT2D eigenvalue weighted by atomic mass is 16.3. The highest BCUT2D eigenvalue weighted by Crippen LogP contribution is 2.38. The monoisotopic (exact) mass is 514 g/mol. The Morgan fingerprint density at radius 1 is 0.575 bits per heavy atom. The Kier molecular flexibility index (Phi) is 5.07. The zero-order valence-corrected chi connectivity index (χ0v) is 21.4. The molecule has 0 aliphatic heterocycles. The molecular weight excluding hydrogens is 492 g/mol. The number of nitrogens with zero attached hydrogens (tertiary/aromatic N) is 4. The Morgan fingerprint density at radius 2 is 1.27 bits per heavy atom. The summed E-state index contributed by atoms with van der Waals surface area (Å²) >= 11 is 0. The SMILES string of the molecule is c1ccc(-c2cc(-c3cccc(-n4c5cccnc5c5c6ccccc6oc54)c3)nc(-c3ccccc3)n2)cc1. The van der Waals surface area contributed by atoms with Crippen LogP contribution in [0.2, 0.25) is 0 Å². The van der Waals surface area contributed by atoms with Crippen LogP contribution < -0.4 is 0 Å². The minimum Gasteiger partial charge on any atom is -0.439 e. The lowest BCUT2D eigenvalue weighted by molar-refractivity contribution is 0.645. The molecule has 4 aromatic heterocycles. The lowest BCUT2D eigenvalue weighted by Crippen LogP contribution is -1.97. The Labute approximate surface area is 230 Å². The molecule has 0 aliphatic rings. The highest BCUT2D eigenvalue weighted by molar-refractivity contribution is 6.18. The fourth-order valence-electron chi connectivity index (χ4n) is 5.43. The Bertz CT molecular complexity index is 2100. The lowest BCUT2D eigenvalue weighted by Gasteiger charge is -2.11. The Hall–Kier alpha value is -5.55. The first-order chi connectivity index (χ1) is 19.8. The maximum absolute atomic E-state index is 6.42. The predicted octanol–water partition coefficient (Wildman–Crippen LogP) is 8.72. The lowest BCUT2D eigenvalue weighted by atomic mass is 10.1. The molecule has 0 spiro atoms. The van der Waals surface area contributed by atoms with E-state index in [-0.39, 0.29) is 0 Å². The van der Waals surface area contributed by atoms with Gasteiger partial charge < -0.3 is 4.42 Å². The van der Waals surface area contributed by atoms with E-state index in [9.17, 15) is 0 Å². The summed E-state index contributed by atoms with van der Waals surface area (Å²) in [5.41, 5.74) is 9.27. The summed E-state index contributed by atoms with van der Waals surface area (Å²) in [7, 11) is 0. The van der Waals surface area contributed by atoms with E-state index < -0.39 is 0 Å². The second-order valence-corrected chi connectivity index (χ2v) is 9.73. The molecule has 8 rings (SSSR count). The van der Waals surface area contributed by atoms with E-state index in [0.717, 1.165) is 66.9 Å². The summed E-state index contributed by atoms with van der Waals surface area (Å²) in [6, 6.07) is 43.0. The first-order valence-corrected chi connectivity index (χ1v) is 13.2. The van der Waals surface area contributed by atoms with Gasteiger partial charge in [0.05, 0.1) is 22.3 Å². The van der Waals surface area contributed by atoms with Gasteiger partial charge in [-0.25, -0.2) is 9.97 Å². The maximum Gasteiger partial charge on any atom is 0.215 e. The van der Waals surface area contributed by atoms with Crippen LogP contribution in [-0.2, 0) is 0 Å². The third-order valence-corrected chi connectivity index (χ3v) is 7.27. The van der Waals surface area contributed by atoms with Crippen LogP contribution >= 0.6 is 0 Å². The smallest absolute Gasteiger partial charge is 0.215 e. The van der Waals surface area contributed by atoms with Gasteiger partial charge in [-0.15, -0.1) is 0 Å². The summed E-state index contributed by atoms with van der Waals surface area (Å²) in [4.78, 5) is 14.7. The van der Waals surface area contributed by atoms with E-state index in [1.807, 2.05) is 79.0 Å². The van der Waals surface area contributed by atoms with E-state index in [4.69, 9.17) is 19.4 Å². The van der Waals surface area contributed by atoms with Crippen LogP contribution in [0, 0.1) is 0 Å². The molecule has 0 saturated heterocycles. The largest absolute Gasteiger partial charge is 0.439 e. The summed E-state index contributed by atoms with van der Waals surface area (Å²) in [5.74, 6) is 0.692. The number of rotatable bonds is 4. The van der Waals surface area contributed by atoms with Gasteiger partial charge in [-0.2, -0.15) is 0 Å². The van der Waals surface area contributed by atoms with E-state index >= 15 is 0 Å². The molecule has 40 heavy (non-hydrogen) atoms. The standard InChI is InChI=1S/C35H22N4O/c1-3-11-23(12-4-1)28-22-29(38-34(37-28)24-13-5-2-6-14-24)25-15-9-16-26(21-25)39-30-18-10-20-36-33(30)32-27-17-7-8-19-31(27)40-35(32)39/h1-22H. The number of pyridine rings is 1. The molecule has 0 bridgehead atoms. The van der Waals surface area contributed by atoms with Crippen molar-refractivity contribution in [2.75, 3.05) is 0 Å². The van der Waals surface area contributed by atoms with Gasteiger partial charge in [0.1, 0.15) is 11.1 Å². The highest BCUT2D eigenvalue weighted by Gasteiger charge is 2.20. The number of aromatic nitrogens is 4. The number of fused-ring (bicyclic) bond motifs is 5. The van der Waals surface area contributed by atoms with Crippen LogP contribution in [0.25, 0.3) is 72.7 Å². The topological polar surface area (TPSA) is 56.7 Å². The Morgan fingerprint density at radius 3 is 2.10 bits per heavy atom. The van der Waals surface area contributed by atoms with Crippen LogP contribution in [0.3, 0.4) is 0 Å². The molecule has 5 heteroatoms. The molecule has 0 atom stereocenters. The van der Waals surface area contributed by atoms with Crippen molar-refractivity contribution in [1.29, 1.82) is 0 Å². The molecular formula is C35H22N4O. The van der Waals surface area contributed by atoms with Crippen LogP contribution in [0.5, 0.6) is 0 Å². The quantitative estimate of drug-likeness (QED) is 0.236. The van der Waals surface area contributed by atoms with Gasteiger partial charge in [-0.3, -0.25) is 9.55 Å². The summed E-state index contributed by atoms with van der Waals surface area (Å²) in [6.07, 6.45) is 1.83. The molecule has 4 aromatic carbocycles. The molecule has 0 aliphatic carbocycles. The predicted molar refractivity (Wildman–Crippen MR) is 160 cm³/mol. The van der Waals surface area contributed by atoms with Crippen LogP contribution in [0.4, 0.5) is 0 Å². The van der Waals surface area contributed by atoms with Crippen molar-refractivity contribution in [3.63, 3.8) is 0 Å². The number of furan rings is 1. The molecule has 0 saturated carbocycles. The van der Waals surface area contributed by atoms with Gasteiger partial charge >= 0.3 is 0 Å². The molecule has 0 radical (unpaired) electrons. The van der Waals surface area contributed by atoms with Crippen molar-refractivity contribution in [2.24, 2.45) is 0 Å². The van der Waals surface area contributed by atoms with Crippen LogP contribution in [0.1, 0.15) is 0 Å². The molecule has 0 unspecified atom stereocenters. The molecule has 188 valence electrons. The number of para-hydroxylation sites is 1. The van der Waals surface area contributed by atoms with Crippen molar-refractivity contribution in [3.8, 4) is 39.6 Å². The molecule has 5 nitrogen and oxygen atoms in total. The fraction of sp³-hybridized carbons (Fsp3) is 0. The number of benzene rings is 4. The van der Waals surface area contributed by atoms with Crippen LogP contribution in [-0.4, -0.2) is 19.5 Å². The van der Waals surface area contributed by atoms with Gasteiger partial charge in [0.15, 0.2) is 5.82 Å². The van der Waals surface area contributed by atoms with E-state index in [1.165, 1.54) is 0 Å². The summed E-state index contributed by atoms with van der Waals surface area (Å²) < 4.78 is 8.57. The zero-order chi connectivity index (χ0) is 26.5. The van der Waals surface area contributed by atoms with Crippen molar-refractivity contribution in [3.05, 3.63) is 134 Å². The zero-order valence-electron chi connectivity index (χ0n) is 21.4. The summed E-state index contributed by atoms with van der Waals surface area (Å²) in [5, 5.41) is 2.09. The molecule has 8 aromatic rings. The first kappa shape index (κ1) is 22.4. The van der Waals surface area contributed by atoms with Gasteiger partial charge in [0.2, 0.25) is 5.71 Å². The molecule has 4 heterocycles. The molecule has 0 fully saturated rings. The van der Waals surface area contributed by atoms with Crippen molar-refractivity contribution in [2.45, 2.75) is 0 Å².